The molecule has 13 atom stereocenters. The number of rotatable bonds is 13. The Kier molecular flexibility index (Phi) is 23.1. The summed E-state index contributed by atoms with van der Waals surface area (Å²) >= 11 is 0. The molecule has 0 aliphatic carbocycles. The third kappa shape index (κ3) is 17.6. The van der Waals surface area contributed by atoms with E-state index in [0.29, 0.717) is 28.3 Å². The van der Waals surface area contributed by atoms with Crippen LogP contribution in [0.25, 0.3) is 0 Å². The number of aromatic hydroxyl groups is 2. The normalized spacial score (nSPS) is 29.5. The van der Waals surface area contributed by atoms with Crippen LogP contribution in [-0.4, -0.2) is 183 Å². The molecule has 420 valence electrons. The molecule has 77 heavy (non-hydrogen) atoms. The Labute approximate surface area is 466 Å². The van der Waals surface area contributed by atoms with Gasteiger partial charge in [0, 0.05) is 18.7 Å². The van der Waals surface area contributed by atoms with Crippen LogP contribution in [0.4, 0.5) is 0 Å². The van der Waals surface area contributed by atoms with Gasteiger partial charge in [0.05, 0.1) is 54.0 Å². The number of aliphatic hydroxyl groups excluding tert-OH is 1. The fourth-order valence-electron chi connectivity index (χ4n) is 8.57. The molecule has 0 aromatic heterocycles. The fraction of sp³-hybridized carbons (Fsp3) is 0.532. The second-order valence-electron chi connectivity index (χ2n) is 18.6. The van der Waals surface area contributed by atoms with Gasteiger partial charge in [0.2, 0.25) is 29.5 Å². The molecule has 2 aromatic carbocycles. The summed E-state index contributed by atoms with van der Waals surface area (Å²) in [5.74, 6) is -9.35. The number of benzene rings is 2. The predicted octanol–water partition coefficient (Wildman–Crippen LogP) is -0.417. The Bertz CT molecular complexity index is 2500. The molecule has 4 heterocycles. The lowest BCUT2D eigenvalue weighted by Gasteiger charge is -2.35. The first kappa shape index (κ1) is 61.5. The second kappa shape index (κ2) is 28.9. The number of phenols is 2. The maximum atomic E-state index is 15.7. The van der Waals surface area contributed by atoms with Crippen LogP contribution in [0.3, 0.4) is 0 Å². The first-order chi connectivity index (χ1) is 36.6. The van der Waals surface area contributed by atoms with Gasteiger partial charge in [-0.15, -0.1) is 0 Å². The number of carboxylic acids is 2. The number of phenolic OH excluding ortho intramolecular Hbond substituents is 2. The predicted molar refractivity (Wildman–Crippen MR) is 293 cm³/mol. The van der Waals surface area contributed by atoms with Crippen molar-refractivity contribution in [3.63, 3.8) is 0 Å². The summed E-state index contributed by atoms with van der Waals surface area (Å²) < 4.78 is 0. The molecular weight excluding hydrogens is 1120 g/mol. The van der Waals surface area contributed by atoms with E-state index in [1.54, 1.807) is 0 Å². The fourth-order valence-corrected chi connectivity index (χ4v) is 18.2. The molecule has 6 rings (SSSR count). The number of ketones is 3. The van der Waals surface area contributed by atoms with Gasteiger partial charge in [-0.25, -0.2) is 0 Å². The Hall–Kier alpha value is -4.76. The van der Waals surface area contributed by atoms with Gasteiger partial charge in [-0.3, -0.25) is 69.2 Å². The average molecular weight is 1180 g/mol. The molecule has 4 bridgehead atoms. The van der Waals surface area contributed by atoms with Gasteiger partial charge in [0.15, 0.2) is 17.3 Å². The minimum atomic E-state index is -1.61. The first-order valence-electron chi connectivity index (χ1n) is 24.3. The van der Waals surface area contributed by atoms with Crippen molar-refractivity contribution in [2.45, 2.75) is 134 Å². The van der Waals surface area contributed by atoms with Crippen LogP contribution in [0.1, 0.15) is 57.1 Å². The number of aliphatic hydroxyl groups is 1. The number of nitrogens with zero attached hydrogens (tertiary/aromatic N) is 1. The molecule has 5 unspecified atom stereocenters. The molecule has 4 saturated heterocycles. The molecule has 24 nitrogen and oxygen atoms in total. The summed E-state index contributed by atoms with van der Waals surface area (Å²) in [6, 6.07) is 1.45. The molecule has 4 fully saturated rings. The van der Waals surface area contributed by atoms with Gasteiger partial charge >= 0.3 is 11.9 Å². The number of carbonyl (C=O) groups is 10. The Morgan fingerprint density at radius 2 is 1.47 bits per heavy atom. The molecule has 2 aromatic rings. The highest BCUT2D eigenvalue weighted by molar-refractivity contribution is 8.79. The average Bonchev–Trinajstić information content (AvgIpc) is 3.88. The highest BCUT2D eigenvalue weighted by Crippen LogP contribution is 2.43. The SMILES string of the molecule is C[C@@H]1NC(=O)[C@@H]2CCCN2C(=O)[C@H](CC(N)=O)NC2SSCC3N[C@@H](CCC(=O)O)C(=O)N[C@@H](Cc4ccc(O)cc4)C(=O)C2SSC(N[C@@H](Cc2ccc(O)cc2)C(=O)O)C(=O)CNC(=O)[C@H]([C@@H](C)O)NC(SS3)C1=O. The van der Waals surface area contributed by atoms with E-state index in [9.17, 15) is 68.7 Å². The zero-order valence-electron chi connectivity index (χ0n) is 41.5. The van der Waals surface area contributed by atoms with Gasteiger partial charge in [0.1, 0.15) is 45.6 Å². The number of nitrogens with two attached hydrogens (primary N) is 1. The second-order valence-corrected chi connectivity index (χ2v) is 26.2. The number of hydrogen-bond donors (Lipinski definition) is 13. The van der Waals surface area contributed by atoms with E-state index in [1.807, 2.05) is 0 Å². The number of hydrogen-bond acceptors (Lipinski definition) is 23. The lowest BCUT2D eigenvalue weighted by atomic mass is 9.98. The Morgan fingerprint density at radius 1 is 0.792 bits per heavy atom. The summed E-state index contributed by atoms with van der Waals surface area (Å²) in [7, 11) is 5.42. The monoisotopic (exact) mass is 1180 g/mol. The molecule has 5 amide bonds. The highest BCUT2D eigenvalue weighted by Gasteiger charge is 2.45. The standard InChI is InChI=1S/C47H61N9O15S6/c1-21-37(64)44-55-36(22(2)57)42(68)49-19-32(60)43(54-30(47(70)71)17-24-7-11-26(59)12-8-24)76-74-39-38(65)28(16-23-5-9-25(58)10-6-23)52-40(66)27(13-14-35(62)63)51-34(73-77-44)20-72-75-45(39)53-29(18-33(48)61)46(69)56-15-3-4-31(56)41(67)50-21/h5-12,21-22,27-31,34,36,39,43-45,51,53-55,57-59H,3-4,13-20H2,1-2H3,(H2,48,61)(H,49,68)(H,50,67)(H,52,66)(H,62,63)(H,70,71)/t21-,22+,27-,28-,29-,30-,31-,34?,36-,39?,43?,44?,45?/m0/s1. The van der Waals surface area contributed by atoms with Crippen molar-refractivity contribution < 1.29 is 73.5 Å². The Balaban J connectivity index is 1.58. The van der Waals surface area contributed by atoms with Crippen molar-refractivity contribution in [1.29, 1.82) is 0 Å². The summed E-state index contributed by atoms with van der Waals surface area (Å²) in [6.07, 6.45) is -2.98. The maximum Gasteiger partial charge on any atom is 0.321 e. The molecule has 0 saturated carbocycles. The van der Waals surface area contributed by atoms with Gasteiger partial charge in [-0.2, -0.15) is 0 Å². The van der Waals surface area contributed by atoms with Crippen LogP contribution in [-0.2, 0) is 60.8 Å². The summed E-state index contributed by atoms with van der Waals surface area (Å²) in [4.78, 5) is 142. The van der Waals surface area contributed by atoms with Gasteiger partial charge < -0.3 is 52.1 Å². The van der Waals surface area contributed by atoms with Crippen molar-refractivity contribution >= 4 is 124 Å². The van der Waals surface area contributed by atoms with Crippen molar-refractivity contribution in [3.8, 4) is 11.5 Å². The van der Waals surface area contributed by atoms with E-state index in [-0.39, 0.29) is 49.5 Å². The first-order valence-corrected chi connectivity index (χ1v) is 31.2. The van der Waals surface area contributed by atoms with Crippen LogP contribution >= 0.6 is 64.8 Å². The van der Waals surface area contributed by atoms with Gasteiger partial charge in [-0.1, -0.05) is 89.0 Å². The zero-order chi connectivity index (χ0) is 56.1. The van der Waals surface area contributed by atoms with E-state index < -0.39 is 153 Å². The number of carbonyl (C=O) groups excluding carboxylic acids is 8. The molecule has 4 aliphatic heterocycles. The van der Waals surface area contributed by atoms with Crippen LogP contribution < -0.4 is 43.0 Å². The van der Waals surface area contributed by atoms with Crippen molar-refractivity contribution in [2.24, 2.45) is 5.73 Å². The lowest BCUT2D eigenvalue weighted by Crippen LogP contribution is -2.59. The minimum absolute atomic E-state index is 0.00336. The van der Waals surface area contributed by atoms with Gasteiger partial charge in [0.25, 0.3) is 0 Å². The van der Waals surface area contributed by atoms with Crippen LogP contribution in [0.5, 0.6) is 11.5 Å². The third-order valence-corrected chi connectivity index (χ3v) is 21.5. The number of carboxylic acid groups (broad SMARTS) is 2. The minimum Gasteiger partial charge on any atom is -0.508 e. The molecule has 4 aliphatic rings. The lowest BCUT2D eigenvalue weighted by molar-refractivity contribution is -0.141. The summed E-state index contributed by atoms with van der Waals surface area (Å²) in [6.45, 7) is 1.88. The molecular formula is C47H61N9O15S6. The summed E-state index contributed by atoms with van der Waals surface area (Å²) in [5, 5.41) is 65.0. The maximum absolute atomic E-state index is 15.7. The van der Waals surface area contributed by atoms with Crippen molar-refractivity contribution in [3.05, 3.63) is 59.7 Å². The highest BCUT2D eigenvalue weighted by atomic mass is 33.1. The number of fused-ring (bicyclic) bond motifs is 3. The zero-order valence-corrected chi connectivity index (χ0v) is 46.4. The summed E-state index contributed by atoms with van der Waals surface area (Å²) in [5.41, 5.74) is 6.67. The van der Waals surface area contributed by atoms with E-state index in [2.05, 4.69) is 37.2 Å². The van der Waals surface area contributed by atoms with Crippen LogP contribution in [0.15, 0.2) is 48.5 Å². The van der Waals surface area contributed by atoms with Crippen molar-refractivity contribution in [2.75, 3.05) is 18.8 Å². The Morgan fingerprint density at radius 3 is 2.10 bits per heavy atom. The molecule has 0 spiro atoms. The number of aliphatic carboxylic acids is 2. The van der Waals surface area contributed by atoms with Crippen molar-refractivity contribution in [1.82, 2.24) is 42.1 Å². The molecule has 30 heteroatoms. The largest absolute Gasteiger partial charge is 0.508 e. The molecule has 14 N–H and O–H groups in total. The van der Waals surface area contributed by atoms with Crippen LogP contribution in [0, 0.1) is 0 Å². The number of amides is 5. The van der Waals surface area contributed by atoms with E-state index in [4.69, 9.17) is 5.73 Å². The van der Waals surface area contributed by atoms with Gasteiger partial charge in [-0.05, 0) is 81.3 Å². The van der Waals surface area contributed by atoms with Crippen LogP contribution in [0.2, 0.25) is 0 Å². The van der Waals surface area contributed by atoms with E-state index in [0.717, 1.165) is 54.0 Å². The topological polar surface area (TPSA) is 385 Å². The molecule has 0 radical (unpaired) electrons. The third-order valence-electron chi connectivity index (χ3n) is 12.7. The van der Waals surface area contributed by atoms with E-state index >= 15 is 4.79 Å². The smallest absolute Gasteiger partial charge is 0.321 e. The van der Waals surface area contributed by atoms with E-state index in [1.165, 1.54) is 67.3 Å². The number of Topliss-reactive ketones (excluding diaryl/α,β-unsaturated/α-hetero) is 3. The quantitative estimate of drug-likeness (QED) is 0.113. The number of nitrogens with one attached hydrogen (secondary N) is 7. The number of primary amides is 1.